The molecular weight excluding hydrogens is 430 g/mol. The molecule has 4 rings (SSSR count). The summed E-state index contributed by atoms with van der Waals surface area (Å²) in [5.74, 6) is -0.756. The summed E-state index contributed by atoms with van der Waals surface area (Å²) in [5, 5.41) is 13.7. The van der Waals surface area contributed by atoms with Gasteiger partial charge in [0.25, 0.3) is 17.5 Å². The quantitative estimate of drug-likeness (QED) is 0.330. The number of nitrogens with zero attached hydrogens (tertiary/aromatic N) is 2. The van der Waals surface area contributed by atoms with Gasteiger partial charge in [-0.3, -0.25) is 25.1 Å². The summed E-state index contributed by atoms with van der Waals surface area (Å²) < 4.78 is 0.237. The van der Waals surface area contributed by atoms with Gasteiger partial charge in [-0.15, -0.1) is 11.3 Å². The van der Waals surface area contributed by atoms with E-state index < -0.39 is 10.8 Å². The van der Waals surface area contributed by atoms with Crippen LogP contribution < -0.4 is 5.43 Å². The Bertz CT molecular complexity index is 1060. The molecule has 148 valence electrons. The molecule has 0 spiro atoms. The van der Waals surface area contributed by atoms with Gasteiger partial charge in [-0.25, -0.2) is 0 Å². The van der Waals surface area contributed by atoms with E-state index >= 15 is 0 Å². The van der Waals surface area contributed by atoms with Crippen LogP contribution >= 0.6 is 35.3 Å². The third kappa shape index (κ3) is 3.96. The zero-order chi connectivity index (χ0) is 20.5. The molecule has 2 heterocycles. The number of aryl methyl sites for hydroxylation is 1. The van der Waals surface area contributed by atoms with E-state index in [1.807, 2.05) is 5.38 Å². The average molecular weight is 446 g/mol. The first-order valence-electron chi connectivity index (χ1n) is 8.86. The SMILES string of the molecule is O=C(NN1C(=O)/C(=C/c2ccc([N+](=O)[O-])cc2)SC1=S)c1csc2c1CCCC2. The molecule has 1 N–H and O–H groups in total. The van der Waals surface area contributed by atoms with Gasteiger partial charge in [0, 0.05) is 22.4 Å². The van der Waals surface area contributed by atoms with E-state index in [1.54, 1.807) is 29.5 Å². The summed E-state index contributed by atoms with van der Waals surface area (Å²) >= 11 is 7.92. The second kappa shape index (κ2) is 8.05. The fourth-order valence-electron chi connectivity index (χ4n) is 3.25. The number of amides is 2. The normalized spacial score (nSPS) is 17.5. The van der Waals surface area contributed by atoms with Gasteiger partial charge in [-0.2, -0.15) is 5.01 Å². The van der Waals surface area contributed by atoms with Crippen molar-refractivity contribution in [3.05, 3.63) is 66.2 Å². The van der Waals surface area contributed by atoms with Crippen molar-refractivity contribution in [2.75, 3.05) is 0 Å². The van der Waals surface area contributed by atoms with E-state index in [-0.39, 0.29) is 15.9 Å². The van der Waals surface area contributed by atoms with Gasteiger partial charge in [-0.1, -0.05) is 11.8 Å². The molecule has 10 heteroatoms. The third-order valence-corrected chi connectivity index (χ3v) is 7.11. The van der Waals surface area contributed by atoms with Crippen molar-refractivity contribution in [1.29, 1.82) is 0 Å². The first-order chi connectivity index (χ1) is 13.9. The second-order valence-corrected chi connectivity index (χ2v) is 9.20. The van der Waals surface area contributed by atoms with Gasteiger partial charge in [0.05, 0.1) is 15.4 Å². The molecule has 1 saturated heterocycles. The first-order valence-corrected chi connectivity index (χ1v) is 11.0. The van der Waals surface area contributed by atoms with Gasteiger partial charge < -0.3 is 0 Å². The van der Waals surface area contributed by atoms with Crippen LogP contribution in [0, 0.1) is 10.1 Å². The number of nitro groups is 1. The number of carbonyl (C=O) groups excluding carboxylic acids is 2. The second-order valence-electron chi connectivity index (χ2n) is 6.56. The summed E-state index contributed by atoms with van der Waals surface area (Å²) in [6.07, 6.45) is 5.66. The zero-order valence-corrected chi connectivity index (χ0v) is 17.5. The predicted molar refractivity (Wildman–Crippen MR) is 117 cm³/mol. The Morgan fingerprint density at radius 1 is 1.24 bits per heavy atom. The number of nitrogens with one attached hydrogen (secondary N) is 1. The minimum atomic E-state index is -0.484. The minimum absolute atomic E-state index is 0.0268. The lowest BCUT2D eigenvalue weighted by Gasteiger charge is -2.17. The van der Waals surface area contributed by atoms with Crippen molar-refractivity contribution in [3.63, 3.8) is 0 Å². The van der Waals surface area contributed by atoms with Crippen LogP contribution in [-0.4, -0.2) is 26.1 Å². The molecule has 0 unspecified atom stereocenters. The molecule has 1 fully saturated rings. The fourth-order valence-corrected chi connectivity index (χ4v) is 5.56. The fraction of sp³-hybridized carbons (Fsp3) is 0.211. The summed E-state index contributed by atoms with van der Waals surface area (Å²) in [5.41, 5.74) is 4.92. The van der Waals surface area contributed by atoms with Crippen molar-refractivity contribution in [3.8, 4) is 0 Å². The zero-order valence-electron chi connectivity index (χ0n) is 15.0. The number of rotatable bonds is 4. The molecule has 2 amide bonds. The summed E-state index contributed by atoms with van der Waals surface area (Å²) in [6.45, 7) is 0. The van der Waals surface area contributed by atoms with Crippen molar-refractivity contribution in [2.24, 2.45) is 0 Å². The number of non-ortho nitro benzene ring substituents is 1. The van der Waals surface area contributed by atoms with Gasteiger partial charge in [0.1, 0.15) is 0 Å². The Morgan fingerprint density at radius 3 is 2.69 bits per heavy atom. The maximum absolute atomic E-state index is 12.7. The maximum Gasteiger partial charge on any atom is 0.285 e. The van der Waals surface area contributed by atoms with Crippen molar-refractivity contribution >= 4 is 63.2 Å². The van der Waals surface area contributed by atoms with Gasteiger partial charge >= 0.3 is 0 Å². The molecule has 0 radical (unpaired) electrons. The first kappa shape index (κ1) is 19.7. The number of benzene rings is 1. The van der Waals surface area contributed by atoms with Crippen molar-refractivity contribution in [1.82, 2.24) is 10.4 Å². The lowest BCUT2D eigenvalue weighted by Crippen LogP contribution is -2.45. The van der Waals surface area contributed by atoms with E-state index in [9.17, 15) is 19.7 Å². The molecule has 0 atom stereocenters. The van der Waals surface area contributed by atoms with Crippen LogP contribution in [0.15, 0.2) is 34.6 Å². The maximum atomic E-state index is 12.7. The Morgan fingerprint density at radius 2 is 1.97 bits per heavy atom. The molecule has 1 aromatic heterocycles. The van der Waals surface area contributed by atoms with E-state index in [2.05, 4.69) is 5.43 Å². The highest BCUT2D eigenvalue weighted by molar-refractivity contribution is 8.26. The molecule has 2 aliphatic rings. The average Bonchev–Trinajstić information content (AvgIpc) is 3.25. The number of hydrogen-bond donors (Lipinski definition) is 1. The van der Waals surface area contributed by atoms with Crippen LogP contribution in [0.4, 0.5) is 5.69 Å². The Labute approximate surface area is 179 Å². The number of hydrogen-bond acceptors (Lipinski definition) is 7. The van der Waals surface area contributed by atoms with E-state index in [4.69, 9.17) is 12.2 Å². The van der Waals surface area contributed by atoms with Crippen molar-refractivity contribution in [2.45, 2.75) is 25.7 Å². The standard InChI is InChI=1S/C19H15N3O4S3/c23-17(14-10-28-15-4-2-1-3-13(14)15)20-21-18(24)16(29-19(21)27)9-11-5-7-12(8-6-11)22(25)26/h5-10H,1-4H2,(H,20,23)/b16-9-. The Balaban J connectivity index is 1.50. The highest BCUT2D eigenvalue weighted by Crippen LogP contribution is 2.33. The van der Waals surface area contributed by atoms with E-state index in [0.29, 0.717) is 16.0 Å². The predicted octanol–water partition coefficient (Wildman–Crippen LogP) is 4.08. The van der Waals surface area contributed by atoms with Crippen LogP contribution in [0.2, 0.25) is 0 Å². The number of carbonyl (C=O) groups is 2. The summed E-state index contributed by atoms with van der Waals surface area (Å²) in [6, 6.07) is 5.85. The van der Waals surface area contributed by atoms with Gasteiger partial charge in [-0.05, 0) is 67.2 Å². The van der Waals surface area contributed by atoms with E-state index in [0.717, 1.165) is 48.0 Å². The smallest absolute Gasteiger partial charge is 0.267 e. The third-order valence-electron chi connectivity index (χ3n) is 4.71. The topological polar surface area (TPSA) is 92.6 Å². The van der Waals surface area contributed by atoms with Crippen LogP contribution in [0.1, 0.15) is 39.2 Å². The summed E-state index contributed by atoms with van der Waals surface area (Å²) in [7, 11) is 0. The molecule has 1 aliphatic carbocycles. The Kier molecular flexibility index (Phi) is 5.48. The largest absolute Gasteiger partial charge is 0.285 e. The molecule has 1 aromatic carbocycles. The van der Waals surface area contributed by atoms with Crippen LogP contribution in [0.25, 0.3) is 6.08 Å². The number of fused-ring (bicyclic) bond motifs is 1. The lowest BCUT2D eigenvalue weighted by molar-refractivity contribution is -0.384. The van der Waals surface area contributed by atoms with Crippen LogP contribution in [0.3, 0.4) is 0 Å². The minimum Gasteiger partial charge on any atom is -0.267 e. The highest BCUT2D eigenvalue weighted by Gasteiger charge is 2.34. The number of thioether (sulfide) groups is 1. The van der Waals surface area contributed by atoms with Gasteiger partial charge in [0.15, 0.2) is 4.32 Å². The lowest BCUT2D eigenvalue weighted by atomic mass is 9.96. The van der Waals surface area contributed by atoms with E-state index in [1.165, 1.54) is 17.0 Å². The van der Waals surface area contributed by atoms with Crippen LogP contribution in [0.5, 0.6) is 0 Å². The molecule has 7 nitrogen and oxygen atoms in total. The highest BCUT2D eigenvalue weighted by atomic mass is 32.2. The molecule has 29 heavy (non-hydrogen) atoms. The molecule has 1 aliphatic heterocycles. The molecule has 0 saturated carbocycles. The number of hydrazine groups is 1. The Hall–Kier alpha value is -2.56. The van der Waals surface area contributed by atoms with Gasteiger partial charge in [0.2, 0.25) is 0 Å². The molecular formula is C19H15N3O4S3. The molecule has 0 bridgehead atoms. The number of thiocarbonyl (C=S) groups is 1. The number of thiophene rings is 1. The van der Waals surface area contributed by atoms with Crippen LogP contribution in [-0.2, 0) is 17.6 Å². The molecule has 2 aromatic rings. The van der Waals surface area contributed by atoms with Crippen molar-refractivity contribution < 1.29 is 14.5 Å². The summed E-state index contributed by atoms with van der Waals surface area (Å²) in [4.78, 5) is 37.3. The number of nitro benzene ring substituents is 1. The monoisotopic (exact) mass is 445 g/mol.